The van der Waals surface area contributed by atoms with Crippen molar-refractivity contribution in [1.82, 2.24) is 0 Å². The van der Waals surface area contributed by atoms with Crippen molar-refractivity contribution in [2.75, 3.05) is 0 Å². The van der Waals surface area contributed by atoms with Crippen molar-refractivity contribution in [3.8, 4) is 0 Å². The van der Waals surface area contributed by atoms with Crippen molar-refractivity contribution >= 4 is 52.5 Å². The molecule has 1 rings (SSSR count). The standard InChI is InChI=1S/C9H8O2.Al.Mg.5H/c10-9(11)7-6-8-4-2-1-3-5-8;;;;;;;/h1-7H,(H,10,11);;;;;;;/q;;+2;;;;2*-1/b7-6+;;;;;;;. The van der Waals surface area contributed by atoms with E-state index in [0.29, 0.717) is 0 Å². The zero-order chi connectivity index (χ0) is 8.10. The van der Waals surface area contributed by atoms with Crippen molar-refractivity contribution in [2.24, 2.45) is 0 Å². The summed E-state index contributed by atoms with van der Waals surface area (Å²) in [6.45, 7) is 0. The number of hydrogen-bond donors (Lipinski definition) is 1. The first-order valence-electron chi connectivity index (χ1n) is 3.25. The maximum atomic E-state index is 10.1. The number of carboxylic acid groups (broad SMARTS) is 1. The molecule has 1 aromatic carbocycles. The Bertz CT molecular complexity index is 281. The molecule has 1 aromatic rings. The van der Waals surface area contributed by atoms with Crippen molar-refractivity contribution in [2.45, 2.75) is 0 Å². The second-order valence-corrected chi connectivity index (χ2v) is 2.08. The monoisotopic (exact) mass is 204 g/mol. The van der Waals surface area contributed by atoms with Crippen LogP contribution in [0, 0.1) is 0 Å². The molecule has 66 valence electrons. The number of rotatable bonds is 2. The van der Waals surface area contributed by atoms with Gasteiger partial charge in [0.05, 0.1) is 0 Å². The second-order valence-electron chi connectivity index (χ2n) is 2.08. The van der Waals surface area contributed by atoms with Gasteiger partial charge in [0, 0.05) is 6.08 Å². The van der Waals surface area contributed by atoms with Gasteiger partial charge in [-0.15, -0.1) is 0 Å². The van der Waals surface area contributed by atoms with Crippen LogP contribution in [0.5, 0.6) is 0 Å². The van der Waals surface area contributed by atoms with E-state index in [9.17, 15) is 4.79 Å². The number of carbonyl (C=O) groups is 1. The van der Waals surface area contributed by atoms with Crippen LogP contribution in [0.2, 0.25) is 0 Å². The summed E-state index contributed by atoms with van der Waals surface area (Å²) in [4.78, 5) is 10.1. The Balaban J connectivity index is -0.000000151. The van der Waals surface area contributed by atoms with Crippen LogP contribution in [-0.4, -0.2) is 51.5 Å². The third-order valence-corrected chi connectivity index (χ3v) is 1.22. The minimum absolute atomic E-state index is 0. The first-order valence-corrected chi connectivity index (χ1v) is 3.25. The third-order valence-electron chi connectivity index (χ3n) is 1.22. The Kier molecular flexibility index (Phi) is 9.75. The van der Waals surface area contributed by atoms with Gasteiger partial charge in [-0.2, -0.15) is 0 Å². The van der Waals surface area contributed by atoms with E-state index in [2.05, 4.69) is 0 Å². The minimum atomic E-state index is -0.922. The molecule has 0 saturated heterocycles. The van der Waals surface area contributed by atoms with Crippen LogP contribution in [-0.2, 0) is 4.79 Å². The predicted octanol–water partition coefficient (Wildman–Crippen LogP) is 0.445. The molecule has 0 spiro atoms. The van der Waals surface area contributed by atoms with Crippen LogP contribution < -0.4 is 0 Å². The van der Waals surface area contributed by atoms with E-state index < -0.39 is 5.97 Å². The maximum absolute atomic E-state index is 10.1. The van der Waals surface area contributed by atoms with Crippen molar-refractivity contribution in [3.05, 3.63) is 42.0 Å². The van der Waals surface area contributed by atoms with E-state index in [1.165, 1.54) is 0 Å². The third kappa shape index (κ3) is 6.85. The number of benzene rings is 1. The fourth-order valence-electron chi connectivity index (χ4n) is 0.732. The first-order chi connectivity index (χ1) is 5.29. The SMILES string of the molecule is O=C(O)/C=C/c1ccccc1.[AlH3].[H-].[H-].[Mg+2]. The Hall–Kier alpha value is -0.271. The van der Waals surface area contributed by atoms with Gasteiger partial charge in [0.1, 0.15) is 0 Å². The van der Waals surface area contributed by atoms with E-state index in [4.69, 9.17) is 5.11 Å². The molecular formula is C9H13AlMgO2. The maximum Gasteiger partial charge on any atom is 2.00 e. The van der Waals surface area contributed by atoms with E-state index in [-0.39, 0.29) is 43.3 Å². The molecule has 2 nitrogen and oxygen atoms in total. The molecule has 0 unspecified atom stereocenters. The largest absolute Gasteiger partial charge is 2.00 e. The molecule has 0 aliphatic carbocycles. The topological polar surface area (TPSA) is 37.3 Å². The van der Waals surface area contributed by atoms with Gasteiger partial charge in [-0.1, -0.05) is 30.3 Å². The summed E-state index contributed by atoms with van der Waals surface area (Å²) in [7, 11) is 0. The first kappa shape index (κ1) is 15.2. The normalized spacial score (nSPS) is 8.62. The second kappa shape index (κ2) is 8.33. The summed E-state index contributed by atoms with van der Waals surface area (Å²) in [5.74, 6) is -0.922. The van der Waals surface area contributed by atoms with Crippen LogP contribution in [0.3, 0.4) is 0 Å². The van der Waals surface area contributed by atoms with E-state index >= 15 is 0 Å². The van der Waals surface area contributed by atoms with Gasteiger partial charge in [-0.25, -0.2) is 4.79 Å². The molecule has 0 fully saturated rings. The predicted molar refractivity (Wildman–Crippen MR) is 61.0 cm³/mol. The smallest absolute Gasteiger partial charge is 1.00 e. The molecule has 0 bridgehead atoms. The Labute approximate surface area is 107 Å². The van der Waals surface area contributed by atoms with Crippen molar-refractivity contribution < 1.29 is 12.8 Å². The van der Waals surface area contributed by atoms with Gasteiger partial charge in [0.25, 0.3) is 0 Å². The van der Waals surface area contributed by atoms with Crippen LogP contribution in [0.25, 0.3) is 6.08 Å². The number of carboxylic acids is 1. The van der Waals surface area contributed by atoms with Crippen LogP contribution in [0.15, 0.2) is 36.4 Å². The Morgan fingerprint density at radius 3 is 2.31 bits per heavy atom. The molecule has 4 heteroatoms. The molecule has 0 aliphatic rings. The average Bonchev–Trinajstić information content (AvgIpc) is 2.03. The molecule has 13 heavy (non-hydrogen) atoms. The van der Waals surface area contributed by atoms with Crippen molar-refractivity contribution in [1.29, 1.82) is 0 Å². The fourth-order valence-corrected chi connectivity index (χ4v) is 0.732. The number of hydrogen-bond acceptors (Lipinski definition) is 1. The summed E-state index contributed by atoms with van der Waals surface area (Å²) < 4.78 is 0. The average molecular weight is 204 g/mol. The molecular weight excluding hydrogens is 191 g/mol. The molecule has 0 saturated carbocycles. The zero-order valence-electron chi connectivity index (χ0n) is 8.60. The molecule has 0 aliphatic heterocycles. The molecule has 0 aromatic heterocycles. The molecule has 0 amide bonds. The molecule has 1 N–H and O–H groups in total. The van der Waals surface area contributed by atoms with Crippen LogP contribution in [0.1, 0.15) is 8.42 Å². The summed E-state index contributed by atoms with van der Waals surface area (Å²) >= 11 is 0. The summed E-state index contributed by atoms with van der Waals surface area (Å²) in [5.41, 5.74) is 0.898. The molecule has 0 heterocycles. The Morgan fingerprint density at radius 1 is 1.31 bits per heavy atom. The van der Waals surface area contributed by atoms with Crippen LogP contribution in [0.4, 0.5) is 0 Å². The quantitative estimate of drug-likeness (QED) is 0.561. The van der Waals surface area contributed by atoms with Gasteiger partial charge < -0.3 is 7.96 Å². The molecule has 0 radical (unpaired) electrons. The Morgan fingerprint density at radius 2 is 1.85 bits per heavy atom. The van der Waals surface area contributed by atoms with Gasteiger partial charge in [0.15, 0.2) is 17.4 Å². The van der Waals surface area contributed by atoms with Gasteiger partial charge in [0.2, 0.25) is 0 Å². The van der Waals surface area contributed by atoms with Gasteiger partial charge >= 0.3 is 29.0 Å². The van der Waals surface area contributed by atoms with E-state index in [0.717, 1.165) is 11.6 Å². The van der Waals surface area contributed by atoms with Gasteiger partial charge in [-0.3, -0.25) is 0 Å². The van der Waals surface area contributed by atoms with Crippen molar-refractivity contribution in [3.63, 3.8) is 0 Å². The summed E-state index contributed by atoms with van der Waals surface area (Å²) in [6.07, 6.45) is 2.68. The number of aliphatic carboxylic acids is 1. The summed E-state index contributed by atoms with van der Waals surface area (Å²) in [6, 6.07) is 9.31. The van der Waals surface area contributed by atoms with E-state index in [1.54, 1.807) is 6.08 Å². The van der Waals surface area contributed by atoms with E-state index in [1.807, 2.05) is 30.3 Å². The zero-order valence-corrected chi connectivity index (χ0v) is 8.02. The minimum Gasteiger partial charge on any atom is -1.00 e. The summed E-state index contributed by atoms with van der Waals surface area (Å²) in [5, 5.41) is 8.29. The molecule has 0 atom stereocenters. The fraction of sp³-hybridized carbons (Fsp3) is 0. The van der Waals surface area contributed by atoms with Crippen LogP contribution >= 0.6 is 0 Å². The van der Waals surface area contributed by atoms with Gasteiger partial charge in [-0.05, 0) is 11.6 Å².